The average molecular weight is 883 g/mol. The standard InChI is InChI=1S/2C24H31N3O3S/c2*1-20(28)25-15-17-26(18-16-25)23-12-10-21(11-13-23)19-27-14-6-5-9-24(31(27,29)30)22-7-3-2-4-8-22/h2*2-4,7-8,10-13,24H,5-6,9,14-19H2,1H3. The van der Waals surface area contributed by atoms with E-state index in [-0.39, 0.29) is 11.8 Å². The Morgan fingerprint density at radius 1 is 0.452 bits per heavy atom. The molecule has 2 atom stereocenters. The lowest BCUT2D eigenvalue weighted by molar-refractivity contribution is -0.129. The van der Waals surface area contributed by atoms with Crippen molar-refractivity contribution in [1.29, 1.82) is 0 Å². The van der Waals surface area contributed by atoms with Gasteiger partial charge in [0.25, 0.3) is 0 Å². The van der Waals surface area contributed by atoms with E-state index in [0.29, 0.717) is 39.0 Å². The van der Waals surface area contributed by atoms with E-state index >= 15 is 0 Å². The second-order valence-corrected chi connectivity index (χ2v) is 21.1. The number of rotatable bonds is 8. The Kier molecular flexibility index (Phi) is 15.1. The lowest BCUT2D eigenvalue weighted by Crippen LogP contribution is -2.48. The van der Waals surface area contributed by atoms with Crippen LogP contribution in [0.4, 0.5) is 11.4 Å². The first-order valence-electron chi connectivity index (χ1n) is 22.2. The van der Waals surface area contributed by atoms with Gasteiger partial charge in [-0.25, -0.2) is 16.8 Å². The monoisotopic (exact) mass is 882 g/mol. The maximum absolute atomic E-state index is 13.4. The van der Waals surface area contributed by atoms with E-state index in [4.69, 9.17) is 0 Å². The molecule has 14 heteroatoms. The molecule has 332 valence electrons. The molecule has 8 rings (SSSR count). The fourth-order valence-electron chi connectivity index (χ4n) is 9.09. The number of carbonyl (C=O) groups is 2. The molecule has 4 aromatic rings. The van der Waals surface area contributed by atoms with Crippen LogP contribution in [0.1, 0.15) is 85.1 Å². The average Bonchev–Trinajstić information content (AvgIpc) is 3.53. The van der Waals surface area contributed by atoms with Gasteiger partial charge in [-0.2, -0.15) is 8.61 Å². The van der Waals surface area contributed by atoms with Crippen molar-refractivity contribution >= 4 is 43.2 Å². The number of sulfonamides is 2. The van der Waals surface area contributed by atoms with Crippen LogP contribution in [0.5, 0.6) is 0 Å². The van der Waals surface area contributed by atoms with Crippen molar-refractivity contribution in [2.75, 3.05) is 75.2 Å². The second-order valence-electron chi connectivity index (χ2n) is 16.9. The van der Waals surface area contributed by atoms with Gasteiger partial charge in [0.1, 0.15) is 10.5 Å². The highest BCUT2D eigenvalue weighted by Crippen LogP contribution is 2.36. The Hall–Kier alpha value is -4.76. The first-order valence-corrected chi connectivity index (χ1v) is 25.2. The summed E-state index contributed by atoms with van der Waals surface area (Å²) in [7, 11) is -6.82. The van der Waals surface area contributed by atoms with Crippen LogP contribution in [0.3, 0.4) is 0 Å². The highest BCUT2D eigenvalue weighted by Gasteiger charge is 2.36. The third-order valence-electron chi connectivity index (χ3n) is 12.8. The Bertz CT molecular complexity index is 2130. The Morgan fingerprint density at radius 2 is 0.790 bits per heavy atom. The van der Waals surface area contributed by atoms with Gasteiger partial charge in [-0.05, 0) is 72.2 Å². The Balaban J connectivity index is 0.000000186. The van der Waals surface area contributed by atoms with Crippen LogP contribution >= 0.6 is 0 Å². The predicted octanol–water partition coefficient (Wildman–Crippen LogP) is 6.82. The summed E-state index contributed by atoms with van der Waals surface area (Å²) >= 11 is 0. The van der Waals surface area contributed by atoms with Crippen molar-refractivity contribution in [2.24, 2.45) is 0 Å². The summed E-state index contributed by atoms with van der Waals surface area (Å²) in [5.74, 6) is 0.255. The summed E-state index contributed by atoms with van der Waals surface area (Å²) in [4.78, 5) is 31.3. The molecular formula is C48H62N6O6S2. The number of amides is 2. The van der Waals surface area contributed by atoms with Crippen molar-refractivity contribution in [2.45, 2.75) is 76.0 Å². The van der Waals surface area contributed by atoms with Crippen LogP contribution in [-0.2, 0) is 42.7 Å². The summed E-state index contributed by atoms with van der Waals surface area (Å²) < 4.78 is 57.0. The molecule has 4 saturated heterocycles. The minimum atomic E-state index is -3.41. The summed E-state index contributed by atoms with van der Waals surface area (Å²) in [6.45, 7) is 11.4. The predicted molar refractivity (Wildman–Crippen MR) is 247 cm³/mol. The van der Waals surface area contributed by atoms with Gasteiger partial charge in [0, 0.05) is 104 Å². The van der Waals surface area contributed by atoms with E-state index in [2.05, 4.69) is 34.1 Å². The quantitative estimate of drug-likeness (QED) is 0.189. The normalized spacial score (nSPS) is 22.2. The number of benzene rings is 4. The van der Waals surface area contributed by atoms with Crippen LogP contribution in [0.15, 0.2) is 109 Å². The second kappa shape index (κ2) is 20.6. The molecule has 4 heterocycles. The molecule has 4 aliphatic rings. The molecule has 0 radical (unpaired) electrons. The molecule has 4 aromatic carbocycles. The molecular weight excluding hydrogens is 821 g/mol. The van der Waals surface area contributed by atoms with Gasteiger partial charge >= 0.3 is 0 Å². The van der Waals surface area contributed by atoms with Crippen molar-refractivity contribution < 1.29 is 26.4 Å². The minimum absolute atomic E-state index is 0.127. The van der Waals surface area contributed by atoms with Crippen LogP contribution in [0.2, 0.25) is 0 Å². The van der Waals surface area contributed by atoms with E-state index in [1.54, 1.807) is 22.5 Å². The lowest BCUT2D eigenvalue weighted by atomic mass is 10.1. The molecule has 0 aliphatic carbocycles. The van der Waals surface area contributed by atoms with Crippen LogP contribution < -0.4 is 9.80 Å². The van der Waals surface area contributed by atoms with Crippen molar-refractivity contribution in [3.05, 3.63) is 131 Å². The van der Waals surface area contributed by atoms with Crippen LogP contribution in [0, 0.1) is 0 Å². The van der Waals surface area contributed by atoms with E-state index in [1.165, 1.54) is 0 Å². The zero-order valence-electron chi connectivity index (χ0n) is 36.2. The SMILES string of the molecule is CC(=O)N1CCN(c2ccc(CN3CCCCC(c4ccccc4)S3(=O)=O)cc2)CC1.CC(=O)N1CCN(c2ccc(CN3CCCCC(c4ccccc4)S3(=O)=O)cc2)CC1. The van der Waals surface area contributed by atoms with Gasteiger partial charge < -0.3 is 19.6 Å². The van der Waals surface area contributed by atoms with Crippen molar-refractivity contribution in [3.8, 4) is 0 Å². The van der Waals surface area contributed by atoms with Crippen molar-refractivity contribution in [1.82, 2.24) is 18.4 Å². The molecule has 0 aromatic heterocycles. The van der Waals surface area contributed by atoms with E-state index in [1.807, 2.05) is 94.7 Å². The molecule has 12 nitrogen and oxygen atoms in total. The summed E-state index contributed by atoms with van der Waals surface area (Å²) in [5.41, 5.74) is 6.01. The maximum atomic E-state index is 13.4. The fraction of sp³-hybridized carbons (Fsp3) is 0.458. The van der Waals surface area contributed by atoms with E-state index in [9.17, 15) is 26.4 Å². The molecule has 2 unspecified atom stereocenters. The highest BCUT2D eigenvalue weighted by atomic mass is 32.2. The molecule has 0 bridgehead atoms. The minimum Gasteiger partial charge on any atom is -0.368 e. The first-order chi connectivity index (χ1) is 29.9. The van der Waals surface area contributed by atoms with E-state index < -0.39 is 30.5 Å². The van der Waals surface area contributed by atoms with Gasteiger partial charge in [0.15, 0.2) is 0 Å². The zero-order chi connectivity index (χ0) is 43.7. The zero-order valence-corrected chi connectivity index (χ0v) is 37.9. The first kappa shape index (κ1) is 45.3. The number of nitrogens with zero attached hydrogens (tertiary/aromatic N) is 6. The maximum Gasteiger partial charge on any atom is 0.221 e. The Morgan fingerprint density at radius 3 is 1.11 bits per heavy atom. The van der Waals surface area contributed by atoms with Gasteiger partial charge in [0.05, 0.1) is 0 Å². The van der Waals surface area contributed by atoms with Gasteiger partial charge in [-0.3, -0.25) is 9.59 Å². The number of hydrogen-bond acceptors (Lipinski definition) is 8. The van der Waals surface area contributed by atoms with Crippen LogP contribution in [-0.4, -0.2) is 113 Å². The van der Waals surface area contributed by atoms with E-state index in [0.717, 1.165) is 112 Å². The van der Waals surface area contributed by atoms with Gasteiger partial charge in [-0.15, -0.1) is 0 Å². The smallest absolute Gasteiger partial charge is 0.221 e. The molecule has 0 saturated carbocycles. The highest BCUT2D eigenvalue weighted by molar-refractivity contribution is 7.89. The molecule has 4 fully saturated rings. The van der Waals surface area contributed by atoms with Gasteiger partial charge in [0.2, 0.25) is 31.9 Å². The van der Waals surface area contributed by atoms with Gasteiger partial charge in [-0.1, -0.05) is 97.8 Å². The molecule has 2 amide bonds. The largest absolute Gasteiger partial charge is 0.368 e. The summed E-state index contributed by atoms with van der Waals surface area (Å²) in [6, 6.07) is 35.6. The molecule has 62 heavy (non-hydrogen) atoms. The lowest BCUT2D eigenvalue weighted by Gasteiger charge is -2.35. The Labute approximate surface area is 369 Å². The summed E-state index contributed by atoms with van der Waals surface area (Å²) in [6.07, 6.45) is 4.96. The fourth-order valence-corrected chi connectivity index (χ4v) is 13.2. The summed E-state index contributed by atoms with van der Waals surface area (Å²) in [5, 5.41) is -0.930. The topological polar surface area (TPSA) is 122 Å². The molecule has 4 aliphatic heterocycles. The number of piperazine rings is 2. The molecule has 0 N–H and O–H groups in total. The third kappa shape index (κ3) is 11.1. The third-order valence-corrected chi connectivity index (χ3v) is 17.3. The number of hydrogen-bond donors (Lipinski definition) is 0. The van der Waals surface area contributed by atoms with Crippen molar-refractivity contribution in [3.63, 3.8) is 0 Å². The molecule has 0 spiro atoms. The van der Waals surface area contributed by atoms with Crippen LogP contribution in [0.25, 0.3) is 0 Å². The number of anilines is 2. The number of carbonyl (C=O) groups excluding carboxylic acids is 2.